The maximum absolute atomic E-state index is 3.36. The summed E-state index contributed by atoms with van der Waals surface area (Å²) in [5, 5.41) is 3.36. The summed E-state index contributed by atoms with van der Waals surface area (Å²) in [5.74, 6) is 3.26. The highest BCUT2D eigenvalue weighted by Crippen LogP contribution is 2.48. The Morgan fingerprint density at radius 3 is 2.81 bits per heavy atom. The first kappa shape index (κ1) is 11.0. The highest BCUT2D eigenvalue weighted by Gasteiger charge is 2.41. The molecule has 16 heavy (non-hydrogen) atoms. The van der Waals surface area contributed by atoms with Gasteiger partial charge in [-0.15, -0.1) is 0 Å². The maximum Gasteiger partial charge on any atom is 0.0221 e. The monoisotopic (exact) mass is 222 g/mol. The van der Waals surface area contributed by atoms with Crippen molar-refractivity contribution in [3.63, 3.8) is 0 Å². The Labute approximate surface area is 99.8 Å². The zero-order valence-electron chi connectivity index (χ0n) is 10.6. The van der Waals surface area contributed by atoms with Gasteiger partial charge in [-0.3, -0.25) is 4.90 Å². The molecule has 2 aliphatic carbocycles. The van der Waals surface area contributed by atoms with Crippen molar-refractivity contribution < 1.29 is 0 Å². The van der Waals surface area contributed by atoms with E-state index in [0.29, 0.717) is 0 Å². The maximum atomic E-state index is 3.36. The lowest BCUT2D eigenvalue weighted by Crippen LogP contribution is -2.40. The Hall–Kier alpha value is -0.0800. The molecule has 0 amide bonds. The molecule has 92 valence electrons. The zero-order valence-corrected chi connectivity index (χ0v) is 10.6. The minimum Gasteiger partial charge on any atom is -0.318 e. The molecule has 3 rings (SSSR count). The topological polar surface area (TPSA) is 15.3 Å². The van der Waals surface area contributed by atoms with Gasteiger partial charge in [0.1, 0.15) is 0 Å². The first-order chi connectivity index (χ1) is 7.86. The molecule has 1 aliphatic heterocycles. The molecule has 0 radical (unpaired) electrons. The minimum absolute atomic E-state index is 0.837. The van der Waals surface area contributed by atoms with E-state index in [1.807, 2.05) is 0 Å². The lowest BCUT2D eigenvalue weighted by atomic mass is 9.88. The second kappa shape index (κ2) is 4.66. The van der Waals surface area contributed by atoms with Gasteiger partial charge in [-0.05, 0) is 63.5 Å². The van der Waals surface area contributed by atoms with Gasteiger partial charge in [-0.1, -0.05) is 6.42 Å². The van der Waals surface area contributed by atoms with Crippen LogP contribution in [0.4, 0.5) is 0 Å². The lowest BCUT2D eigenvalue weighted by Gasteiger charge is -2.31. The molecule has 2 heteroatoms. The quantitative estimate of drug-likeness (QED) is 0.784. The number of hydrogen-bond acceptors (Lipinski definition) is 2. The minimum atomic E-state index is 0.837. The van der Waals surface area contributed by atoms with Gasteiger partial charge in [0, 0.05) is 19.1 Å². The van der Waals surface area contributed by atoms with Crippen molar-refractivity contribution in [2.24, 2.45) is 17.8 Å². The van der Waals surface area contributed by atoms with Crippen LogP contribution in [0.15, 0.2) is 0 Å². The van der Waals surface area contributed by atoms with E-state index < -0.39 is 0 Å². The van der Waals surface area contributed by atoms with Gasteiger partial charge in [-0.2, -0.15) is 0 Å². The molecular weight excluding hydrogens is 196 g/mol. The fourth-order valence-electron chi connectivity index (χ4n) is 4.50. The van der Waals surface area contributed by atoms with Gasteiger partial charge in [0.25, 0.3) is 0 Å². The summed E-state index contributed by atoms with van der Waals surface area (Å²) in [6, 6.07) is 0.837. The van der Waals surface area contributed by atoms with E-state index in [0.717, 1.165) is 23.8 Å². The summed E-state index contributed by atoms with van der Waals surface area (Å²) >= 11 is 0. The van der Waals surface area contributed by atoms with E-state index >= 15 is 0 Å². The summed E-state index contributed by atoms with van der Waals surface area (Å²) in [6.07, 6.45) is 9.04. The average Bonchev–Trinajstić information content (AvgIpc) is 2.96. The summed E-state index contributed by atoms with van der Waals surface area (Å²) in [5.41, 5.74) is 0. The molecule has 2 nitrogen and oxygen atoms in total. The summed E-state index contributed by atoms with van der Waals surface area (Å²) < 4.78 is 0. The molecule has 0 aromatic heterocycles. The molecule has 0 aromatic rings. The second-order valence-corrected chi connectivity index (χ2v) is 6.28. The summed E-state index contributed by atoms with van der Waals surface area (Å²) in [6.45, 7) is 3.97. The van der Waals surface area contributed by atoms with Gasteiger partial charge >= 0.3 is 0 Å². The fraction of sp³-hybridized carbons (Fsp3) is 1.00. The Bertz CT molecular complexity index is 241. The van der Waals surface area contributed by atoms with Gasteiger partial charge < -0.3 is 5.32 Å². The average molecular weight is 222 g/mol. The SMILES string of the molecule is CNCC1CCCN1CC1CC2CCC1C2. The van der Waals surface area contributed by atoms with Crippen LogP contribution >= 0.6 is 0 Å². The van der Waals surface area contributed by atoms with Crippen LogP contribution in [0.2, 0.25) is 0 Å². The Morgan fingerprint density at radius 1 is 1.19 bits per heavy atom. The molecule has 2 saturated carbocycles. The molecule has 0 aromatic carbocycles. The summed E-state index contributed by atoms with van der Waals surface area (Å²) in [4.78, 5) is 2.78. The van der Waals surface area contributed by atoms with Crippen molar-refractivity contribution >= 4 is 0 Å². The zero-order chi connectivity index (χ0) is 11.0. The predicted octanol–water partition coefficient (Wildman–Crippen LogP) is 2.11. The molecule has 4 unspecified atom stereocenters. The second-order valence-electron chi connectivity index (χ2n) is 6.28. The number of fused-ring (bicyclic) bond motifs is 2. The fourth-order valence-corrected chi connectivity index (χ4v) is 4.50. The van der Waals surface area contributed by atoms with Crippen molar-refractivity contribution in [1.29, 1.82) is 0 Å². The van der Waals surface area contributed by atoms with Gasteiger partial charge in [-0.25, -0.2) is 0 Å². The number of rotatable bonds is 4. The number of nitrogens with one attached hydrogen (secondary N) is 1. The molecule has 3 fully saturated rings. The highest BCUT2D eigenvalue weighted by molar-refractivity contribution is 4.93. The predicted molar refractivity (Wildman–Crippen MR) is 67.5 cm³/mol. The van der Waals surface area contributed by atoms with Crippen LogP contribution < -0.4 is 5.32 Å². The van der Waals surface area contributed by atoms with Crippen LogP contribution in [-0.2, 0) is 0 Å². The smallest absolute Gasteiger partial charge is 0.0221 e. The van der Waals surface area contributed by atoms with Crippen molar-refractivity contribution in [2.45, 2.75) is 44.6 Å². The van der Waals surface area contributed by atoms with Gasteiger partial charge in [0.05, 0.1) is 0 Å². The van der Waals surface area contributed by atoms with Crippen LogP contribution in [0.3, 0.4) is 0 Å². The van der Waals surface area contributed by atoms with Crippen LogP contribution in [0.1, 0.15) is 38.5 Å². The van der Waals surface area contributed by atoms with E-state index in [1.165, 1.54) is 32.5 Å². The van der Waals surface area contributed by atoms with Crippen LogP contribution in [-0.4, -0.2) is 37.6 Å². The molecule has 0 spiro atoms. The molecule has 4 atom stereocenters. The Kier molecular flexibility index (Phi) is 3.21. The first-order valence-corrected chi connectivity index (χ1v) is 7.25. The Balaban J connectivity index is 1.54. The van der Waals surface area contributed by atoms with E-state index in [1.54, 1.807) is 25.7 Å². The standard InChI is InChI=1S/C14H26N2/c1-15-9-14-3-2-6-16(14)10-13-8-11-4-5-12(13)7-11/h11-15H,2-10H2,1H3. The van der Waals surface area contributed by atoms with Crippen molar-refractivity contribution in [3.8, 4) is 0 Å². The molecule has 1 heterocycles. The van der Waals surface area contributed by atoms with Crippen LogP contribution in [0.5, 0.6) is 0 Å². The highest BCUT2D eigenvalue weighted by atomic mass is 15.2. The third kappa shape index (κ3) is 2.02. The van der Waals surface area contributed by atoms with E-state index in [-0.39, 0.29) is 0 Å². The van der Waals surface area contributed by atoms with Gasteiger partial charge in [0.2, 0.25) is 0 Å². The third-order valence-corrected chi connectivity index (χ3v) is 5.29. The van der Waals surface area contributed by atoms with Crippen LogP contribution in [0.25, 0.3) is 0 Å². The largest absolute Gasteiger partial charge is 0.318 e. The molecule has 1 N–H and O–H groups in total. The van der Waals surface area contributed by atoms with Crippen LogP contribution in [0, 0.1) is 17.8 Å². The Morgan fingerprint density at radius 2 is 2.12 bits per heavy atom. The number of nitrogens with zero attached hydrogens (tertiary/aromatic N) is 1. The molecule has 1 saturated heterocycles. The number of likely N-dealkylation sites (N-methyl/N-ethyl adjacent to an activating group) is 1. The third-order valence-electron chi connectivity index (χ3n) is 5.29. The van der Waals surface area contributed by atoms with E-state index in [9.17, 15) is 0 Å². The first-order valence-electron chi connectivity index (χ1n) is 7.25. The van der Waals surface area contributed by atoms with E-state index in [4.69, 9.17) is 0 Å². The van der Waals surface area contributed by atoms with Crippen molar-refractivity contribution in [2.75, 3.05) is 26.7 Å². The number of likely N-dealkylation sites (tertiary alicyclic amines) is 1. The normalized spacial score (nSPS) is 43.3. The molecule has 2 bridgehead atoms. The lowest BCUT2D eigenvalue weighted by molar-refractivity contribution is 0.176. The van der Waals surface area contributed by atoms with Crippen molar-refractivity contribution in [3.05, 3.63) is 0 Å². The summed E-state index contributed by atoms with van der Waals surface area (Å²) in [7, 11) is 2.09. The van der Waals surface area contributed by atoms with Gasteiger partial charge in [0.15, 0.2) is 0 Å². The molecule has 3 aliphatic rings. The molecular formula is C14H26N2. The van der Waals surface area contributed by atoms with E-state index in [2.05, 4.69) is 17.3 Å². The number of hydrogen-bond donors (Lipinski definition) is 1. The van der Waals surface area contributed by atoms with Crippen molar-refractivity contribution in [1.82, 2.24) is 10.2 Å².